The molecule has 0 saturated carbocycles. The van der Waals surface area contributed by atoms with E-state index in [0.29, 0.717) is 17.0 Å². The third-order valence-corrected chi connectivity index (χ3v) is 2.50. The minimum Gasteiger partial charge on any atom is -0.362 e. The Morgan fingerprint density at radius 1 is 1.28 bits per heavy atom. The van der Waals surface area contributed by atoms with Crippen molar-refractivity contribution in [3.63, 3.8) is 0 Å². The highest BCUT2D eigenvalue weighted by Crippen LogP contribution is 2.15. The van der Waals surface area contributed by atoms with Crippen molar-refractivity contribution in [2.24, 2.45) is 5.10 Å². The highest BCUT2D eigenvalue weighted by atomic mass is 16.2. The van der Waals surface area contributed by atoms with Crippen molar-refractivity contribution in [3.8, 4) is 0 Å². The van der Waals surface area contributed by atoms with Gasteiger partial charge in [0, 0.05) is 24.3 Å². The summed E-state index contributed by atoms with van der Waals surface area (Å²) in [4.78, 5) is 22.8. The van der Waals surface area contributed by atoms with Crippen LogP contribution in [0, 0.1) is 0 Å². The maximum atomic E-state index is 11.7. The van der Waals surface area contributed by atoms with Gasteiger partial charge in [0.1, 0.15) is 11.4 Å². The molecule has 88 valence electrons. The third kappa shape index (κ3) is 1.80. The SMILES string of the molecule is O=C1NN=C(c2cnccn2)C1=Cc1ccc[nH]1. The molecule has 0 unspecified atom stereocenters. The quantitative estimate of drug-likeness (QED) is 0.757. The average Bonchev–Trinajstić information content (AvgIpc) is 3.03. The van der Waals surface area contributed by atoms with Crippen LogP contribution in [0.15, 0.2) is 47.6 Å². The summed E-state index contributed by atoms with van der Waals surface area (Å²) in [6.07, 6.45) is 8.23. The minimum absolute atomic E-state index is 0.245. The van der Waals surface area contributed by atoms with Gasteiger partial charge in [0.15, 0.2) is 0 Å². The molecule has 0 spiro atoms. The van der Waals surface area contributed by atoms with Gasteiger partial charge in [0.25, 0.3) is 5.91 Å². The molecule has 2 N–H and O–H groups in total. The molecule has 0 atom stereocenters. The van der Waals surface area contributed by atoms with E-state index in [1.54, 1.807) is 30.9 Å². The summed E-state index contributed by atoms with van der Waals surface area (Å²) < 4.78 is 0. The van der Waals surface area contributed by atoms with Crippen LogP contribution in [0.4, 0.5) is 0 Å². The Morgan fingerprint density at radius 2 is 2.22 bits per heavy atom. The summed E-state index contributed by atoms with van der Waals surface area (Å²) in [5.74, 6) is -0.245. The molecule has 1 amide bonds. The lowest BCUT2D eigenvalue weighted by molar-refractivity contribution is -0.116. The number of nitrogens with one attached hydrogen (secondary N) is 2. The fourth-order valence-electron chi connectivity index (χ4n) is 1.67. The molecule has 0 bridgehead atoms. The molecule has 0 radical (unpaired) electrons. The molecule has 3 heterocycles. The summed E-state index contributed by atoms with van der Waals surface area (Å²) in [5, 5.41) is 3.98. The van der Waals surface area contributed by atoms with E-state index in [0.717, 1.165) is 5.69 Å². The number of rotatable bonds is 2. The second-order valence-corrected chi connectivity index (χ2v) is 3.68. The fraction of sp³-hybridized carbons (Fsp3) is 0. The van der Waals surface area contributed by atoms with Crippen molar-refractivity contribution in [2.75, 3.05) is 0 Å². The number of carbonyl (C=O) groups is 1. The Hall–Kier alpha value is -2.76. The van der Waals surface area contributed by atoms with Crippen LogP contribution in [0.5, 0.6) is 0 Å². The number of amides is 1. The van der Waals surface area contributed by atoms with Crippen molar-refractivity contribution < 1.29 is 4.79 Å². The van der Waals surface area contributed by atoms with Gasteiger partial charge < -0.3 is 4.98 Å². The van der Waals surface area contributed by atoms with Gasteiger partial charge in [-0.3, -0.25) is 14.8 Å². The fourth-order valence-corrected chi connectivity index (χ4v) is 1.67. The predicted octanol–water partition coefficient (Wildman–Crippen LogP) is 0.722. The molecule has 0 aliphatic carbocycles. The lowest BCUT2D eigenvalue weighted by Crippen LogP contribution is -2.14. The second-order valence-electron chi connectivity index (χ2n) is 3.68. The molecule has 6 heteroatoms. The number of aromatic nitrogens is 3. The van der Waals surface area contributed by atoms with Crippen molar-refractivity contribution in [1.29, 1.82) is 0 Å². The van der Waals surface area contributed by atoms with E-state index in [4.69, 9.17) is 0 Å². The zero-order valence-electron chi connectivity index (χ0n) is 9.29. The molecular weight excluding hydrogens is 230 g/mol. The largest absolute Gasteiger partial charge is 0.362 e. The molecule has 0 aromatic carbocycles. The van der Waals surface area contributed by atoms with Gasteiger partial charge in [0.05, 0.1) is 11.8 Å². The molecule has 6 nitrogen and oxygen atoms in total. The van der Waals surface area contributed by atoms with Crippen LogP contribution in [-0.2, 0) is 4.79 Å². The van der Waals surface area contributed by atoms with Crippen molar-refractivity contribution in [3.05, 3.63) is 53.9 Å². The number of H-pyrrole nitrogens is 1. The normalized spacial score (nSPS) is 16.8. The van der Waals surface area contributed by atoms with E-state index in [9.17, 15) is 4.79 Å². The number of aromatic amines is 1. The summed E-state index contributed by atoms with van der Waals surface area (Å²) >= 11 is 0. The van der Waals surface area contributed by atoms with Crippen LogP contribution in [0.2, 0.25) is 0 Å². The van der Waals surface area contributed by atoms with Crippen LogP contribution in [0.1, 0.15) is 11.4 Å². The first-order valence-corrected chi connectivity index (χ1v) is 5.34. The van der Waals surface area contributed by atoms with Gasteiger partial charge in [-0.15, -0.1) is 0 Å². The summed E-state index contributed by atoms with van der Waals surface area (Å²) in [7, 11) is 0. The molecule has 1 aliphatic heterocycles. The molecule has 0 fully saturated rings. The van der Waals surface area contributed by atoms with Gasteiger partial charge in [-0.05, 0) is 18.2 Å². The van der Waals surface area contributed by atoms with Crippen LogP contribution in [0.3, 0.4) is 0 Å². The van der Waals surface area contributed by atoms with Crippen LogP contribution < -0.4 is 5.43 Å². The number of carbonyl (C=O) groups excluding carboxylic acids is 1. The Balaban J connectivity index is 2.03. The Labute approximate surface area is 102 Å². The van der Waals surface area contributed by atoms with Gasteiger partial charge in [-0.1, -0.05) is 0 Å². The molecular formula is C12H9N5O. The van der Waals surface area contributed by atoms with E-state index in [2.05, 4.69) is 25.5 Å². The smallest absolute Gasteiger partial charge is 0.273 e. The summed E-state index contributed by atoms with van der Waals surface area (Å²) in [6.45, 7) is 0. The monoisotopic (exact) mass is 239 g/mol. The maximum Gasteiger partial charge on any atom is 0.273 e. The van der Waals surface area contributed by atoms with Crippen LogP contribution in [0.25, 0.3) is 6.08 Å². The Kier molecular flexibility index (Phi) is 2.45. The number of hydrazone groups is 1. The number of nitrogens with zero attached hydrogens (tertiary/aromatic N) is 3. The standard InChI is InChI=1S/C12H9N5O/c18-12-9(6-8-2-1-3-14-8)11(16-17-12)10-7-13-4-5-15-10/h1-7,14H,(H,17,18). The van der Waals surface area contributed by atoms with Crippen LogP contribution in [-0.4, -0.2) is 26.6 Å². The Morgan fingerprint density at radius 3 is 2.94 bits per heavy atom. The highest BCUT2D eigenvalue weighted by molar-refractivity contribution is 6.32. The van der Waals surface area contributed by atoms with E-state index >= 15 is 0 Å². The van der Waals surface area contributed by atoms with Crippen LogP contribution >= 0.6 is 0 Å². The van der Waals surface area contributed by atoms with E-state index in [-0.39, 0.29) is 5.91 Å². The minimum atomic E-state index is -0.245. The summed E-state index contributed by atoms with van der Waals surface area (Å²) in [5.41, 5.74) is 4.80. The molecule has 2 aromatic rings. The van der Waals surface area contributed by atoms with Gasteiger partial charge >= 0.3 is 0 Å². The van der Waals surface area contributed by atoms with Gasteiger partial charge in [-0.2, -0.15) is 5.10 Å². The van der Waals surface area contributed by atoms with E-state index < -0.39 is 0 Å². The molecule has 18 heavy (non-hydrogen) atoms. The first-order valence-electron chi connectivity index (χ1n) is 5.34. The first-order chi connectivity index (χ1) is 8.84. The lowest BCUT2D eigenvalue weighted by Gasteiger charge is -1.99. The van der Waals surface area contributed by atoms with Gasteiger partial charge in [-0.25, -0.2) is 5.43 Å². The van der Waals surface area contributed by atoms with Crippen molar-refractivity contribution >= 4 is 17.7 Å². The Bertz CT molecular complexity index is 628. The summed E-state index contributed by atoms with van der Waals surface area (Å²) in [6, 6.07) is 3.73. The maximum absolute atomic E-state index is 11.7. The molecule has 2 aromatic heterocycles. The topological polar surface area (TPSA) is 83.0 Å². The highest BCUT2D eigenvalue weighted by Gasteiger charge is 2.24. The predicted molar refractivity (Wildman–Crippen MR) is 65.5 cm³/mol. The first kappa shape index (κ1) is 10.4. The van der Waals surface area contributed by atoms with Gasteiger partial charge in [0.2, 0.25) is 0 Å². The number of hydrogen-bond acceptors (Lipinski definition) is 4. The van der Waals surface area contributed by atoms with E-state index in [1.807, 2.05) is 12.1 Å². The third-order valence-electron chi connectivity index (χ3n) is 2.50. The van der Waals surface area contributed by atoms with E-state index in [1.165, 1.54) is 0 Å². The molecule has 1 aliphatic rings. The van der Waals surface area contributed by atoms with Crippen molar-refractivity contribution in [1.82, 2.24) is 20.4 Å². The second kappa shape index (κ2) is 4.25. The zero-order chi connectivity index (χ0) is 12.4. The zero-order valence-corrected chi connectivity index (χ0v) is 9.29. The number of hydrogen-bond donors (Lipinski definition) is 2. The average molecular weight is 239 g/mol. The lowest BCUT2D eigenvalue weighted by atomic mass is 10.1. The molecule has 0 saturated heterocycles. The van der Waals surface area contributed by atoms with Crippen molar-refractivity contribution in [2.45, 2.75) is 0 Å². The molecule has 3 rings (SSSR count).